The second-order valence-corrected chi connectivity index (χ2v) is 7.69. The van der Waals surface area contributed by atoms with E-state index in [1.807, 2.05) is 24.3 Å². The van der Waals surface area contributed by atoms with E-state index in [2.05, 4.69) is 6.92 Å². The van der Waals surface area contributed by atoms with Gasteiger partial charge in [0.15, 0.2) is 5.78 Å². The van der Waals surface area contributed by atoms with Crippen LogP contribution in [0.4, 0.5) is 10.1 Å². The highest BCUT2D eigenvalue weighted by Gasteiger charge is 2.41. The van der Waals surface area contributed by atoms with Crippen molar-refractivity contribution < 1.29 is 14.0 Å². The van der Waals surface area contributed by atoms with Crippen LogP contribution in [0.25, 0.3) is 0 Å². The van der Waals surface area contributed by atoms with E-state index in [9.17, 15) is 14.0 Å². The molecule has 1 heterocycles. The van der Waals surface area contributed by atoms with Crippen molar-refractivity contribution in [1.29, 1.82) is 0 Å². The van der Waals surface area contributed by atoms with Gasteiger partial charge in [0.2, 0.25) is 5.91 Å². The van der Waals surface area contributed by atoms with E-state index in [0.717, 1.165) is 12.1 Å². The summed E-state index contributed by atoms with van der Waals surface area (Å²) < 4.78 is 14.6. The number of benzene rings is 2. The molecule has 4 rings (SSSR count). The molecule has 1 amide bonds. The molecule has 2 aromatic rings. The third kappa shape index (κ3) is 3.16. The van der Waals surface area contributed by atoms with Crippen molar-refractivity contribution in [3.8, 4) is 0 Å². The van der Waals surface area contributed by atoms with Gasteiger partial charge in [0.05, 0.1) is 0 Å². The maximum absolute atomic E-state index is 14.6. The first-order chi connectivity index (χ1) is 13.5. The van der Waals surface area contributed by atoms with Crippen LogP contribution in [0, 0.1) is 5.82 Å². The lowest BCUT2D eigenvalue weighted by molar-refractivity contribution is -0.119. The molecule has 0 fully saturated rings. The lowest BCUT2D eigenvalue weighted by Gasteiger charge is -2.38. The number of amides is 1. The minimum Gasteiger partial charge on any atom is -0.294 e. The summed E-state index contributed by atoms with van der Waals surface area (Å²) in [6.07, 6.45) is 2.66. The largest absolute Gasteiger partial charge is 0.294 e. The van der Waals surface area contributed by atoms with Gasteiger partial charge in [0.1, 0.15) is 5.82 Å². The van der Waals surface area contributed by atoms with Crippen molar-refractivity contribution in [3.05, 3.63) is 75.7 Å². The van der Waals surface area contributed by atoms with Crippen molar-refractivity contribution in [2.75, 3.05) is 4.90 Å². The Bertz CT molecular complexity index is 960. The molecule has 0 bridgehead atoms. The number of ketones is 1. The van der Waals surface area contributed by atoms with Crippen molar-refractivity contribution in [2.24, 2.45) is 0 Å². The standard InChI is InChI=1S/C23H21ClFNO2/c1-2-14-9-11-15(12-10-14)26-19-7-4-8-20(27)23(19)16(13-21(26)28)22-17(24)5-3-6-18(22)25/h3,5-6,9-12,16H,2,4,7-8,13H2,1H3. The fourth-order valence-electron chi connectivity index (χ4n) is 4.26. The molecule has 0 radical (unpaired) electrons. The quantitative estimate of drug-likeness (QED) is 0.679. The molecule has 0 saturated heterocycles. The molecule has 5 heteroatoms. The van der Waals surface area contributed by atoms with Crippen LogP contribution >= 0.6 is 11.6 Å². The Balaban J connectivity index is 1.87. The third-order valence-electron chi connectivity index (χ3n) is 5.63. The molecule has 2 aromatic carbocycles. The molecule has 3 nitrogen and oxygen atoms in total. The first kappa shape index (κ1) is 18.9. The number of rotatable bonds is 3. The number of anilines is 1. The summed E-state index contributed by atoms with van der Waals surface area (Å²) in [6.45, 7) is 2.07. The molecule has 1 aliphatic carbocycles. The maximum atomic E-state index is 14.6. The van der Waals surface area contributed by atoms with Gasteiger partial charge in [-0.1, -0.05) is 36.7 Å². The highest BCUT2D eigenvalue weighted by atomic mass is 35.5. The molecule has 144 valence electrons. The first-order valence-electron chi connectivity index (χ1n) is 9.63. The number of aryl methyl sites for hydroxylation is 1. The number of halogens is 2. The summed E-state index contributed by atoms with van der Waals surface area (Å²) in [4.78, 5) is 27.6. The minimum absolute atomic E-state index is 0.0201. The normalized spacial score (nSPS) is 19.8. The molecule has 1 unspecified atom stereocenters. The van der Waals surface area contributed by atoms with Crippen LogP contribution in [-0.2, 0) is 16.0 Å². The molecular formula is C23H21ClFNO2. The summed E-state index contributed by atoms with van der Waals surface area (Å²) in [5.41, 5.74) is 3.42. The molecule has 28 heavy (non-hydrogen) atoms. The zero-order chi connectivity index (χ0) is 19.8. The molecule has 0 spiro atoms. The molecule has 0 N–H and O–H groups in total. The van der Waals surface area contributed by atoms with Crippen LogP contribution in [0.1, 0.15) is 49.7 Å². The Morgan fingerprint density at radius 1 is 1.11 bits per heavy atom. The second kappa shape index (κ2) is 7.51. The van der Waals surface area contributed by atoms with E-state index in [1.54, 1.807) is 11.0 Å². The number of carbonyl (C=O) groups excluding carboxylic acids is 2. The molecule has 1 aliphatic heterocycles. The Hall–Kier alpha value is -2.46. The Kier molecular flexibility index (Phi) is 5.07. The number of hydrogen-bond acceptors (Lipinski definition) is 2. The first-order valence-corrected chi connectivity index (χ1v) is 10.0. The summed E-state index contributed by atoms with van der Waals surface area (Å²) in [6, 6.07) is 12.3. The Morgan fingerprint density at radius 3 is 2.54 bits per heavy atom. The molecule has 0 aromatic heterocycles. The molecular weight excluding hydrogens is 377 g/mol. The van der Waals surface area contributed by atoms with Crippen molar-refractivity contribution >= 4 is 29.0 Å². The van der Waals surface area contributed by atoms with E-state index in [-0.39, 0.29) is 28.7 Å². The Morgan fingerprint density at radius 2 is 1.86 bits per heavy atom. The number of hydrogen-bond donors (Lipinski definition) is 0. The minimum atomic E-state index is -0.629. The van der Waals surface area contributed by atoms with Crippen LogP contribution in [-0.4, -0.2) is 11.7 Å². The topological polar surface area (TPSA) is 37.4 Å². The van der Waals surface area contributed by atoms with Gasteiger partial charge in [-0.2, -0.15) is 0 Å². The number of carbonyl (C=O) groups is 2. The predicted molar refractivity (Wildman–Crippen MR) is 108 cm³/mol. The lowest BCUT2D eigenvalue weighted by Crippen LogP contribution is -2.40. The van der Waals surface area contributed by atoms with Gasteiger partial charge in [0, 0.05) is 46.3 Å². The SMILES string of the molecule is CCc1ccc(N2C(=O)CC(c3c(F)cccc3Cl)C3=C2CCCC3=O)cc1. The Labute approximate surface area is 168 Å². The van der Waals surface area contributed by atoms with E-state index < -0.39 is 11.7 Å². The van der Waals surface area contributed by atoms with Crippen LogP contribution in [0.15, 0.2) is 53.7 Å². The van der Waals surface area contributed by atoms with Crippen molar-refractivity contribution in [2.45, 2.75) is 44.9 Å². The highest BCUT2D eigenvalue weighted by molar-refractivity contribution is 6.31. The van der Waals surface area contributed by atoms with Gasteiger partial charge in [-0.05, 0) is 49.1 Å². The van der Waals surface area contributed by atoms with Gasteiger partial charge < -0.3 is 0 Å². The van der Waals surface area contributed by atoms with Gasteiger partial charge in [0.25, 0.3) is 0 Å². The summed E-state index contributed by atoms with van der Waals surface area (Å²) in [5.74, 6) is -1.26. The average Bonchev–Trinajstić information content (AvgIpc) is 2.68. The molecule has 1 atom stereocenters. The lowest BCUT2D eigenvalue weighted by atomic mass is 9.77. The van der Waals surface area contributed by atoms with Crippen LogP contribution in [0.3, 0.4) is 0 Å². The fraction of sp³-hybridized carbons (Fsp3) is 0.304. The zero-order valence-corrected chi connectivity index (χ0v) is 16.4. The van der Waals surface area contributed by atoms with E-state index >= 15 is 0 Å². The molecule has 0 saturated carbocycles. The average molecular weight is 398 g/mol. The van der Waals surface area contributed by atoms with Gasteiger partial charge in [-0.15, -0.1) is 0 Å². The van der Waals surface area contributed by atoms with Gasteiger partial charge >= 0.3 is 0 Å². The predicted octanol–water partition coefficient (Wildman–Crippen LogP) is 5.57. The summed E-state index contributed by atoms with van der Waals surface area (Å²) in [5, 5.41) is 0.253. The van der Waals surface area contributed by atoms with Crippen molar-refractivity contribution in [3.63, 3.8) is 0 Å². The molecule has 2 aliphatic rings. The van der Waals surface area contributed by atoms with E-state index in [4.69, 9.17) is 11.6 Å². The monoisotopic (exact) mass is 397 g/mol. The summed E-state index contributed by atoms with van der Waals surface area (Å²) >= 11 is 6.28. The van der Waals surface area contributed by atoms with E-state index in [1.165, 1.54) is 17.7 Å². The van der Waals surface area contributed by atoms with Crippen molar-refractivity contribution in [1.82, 2.24) is 0 Å². The second-order valence-electron chi connectivity index (χ2n) is 7.28. The maximum Gasteiger partial charge on any atom is 0.232 e. The number of nitrogens with zero attached hydrogens (tertiary/aromatic N) is 1. The van der Waals surface area contributed by atoms with E-state index in [0.29, 0.717) is 30.5 Å². The highest BCUT2D eigenvalue weighted by Crippen LogP contribution is 2.45. The van der Waals surface area contributed by atoms with Crippen LogP contribution in [0.2, 0.25) is 5.02 Å². The zero-order valence-electron chi connectivity index (χ0n) is 15.7. The number of Topliss-reactive ketones (excluding diaryl/α,β-unsaturated/α-hetero) is 1. The van der Waals surface area contributed by atoms with Crippen LogP contribution in [0.5, 0.6) is 0 Å². The number of allylic oxidation sites excluding steroid dienone is 2. The van der Waals surface area contributed by atoms with Gasteiger partial charge in [-0.25, -0.2) is 4.39 Å². The van der Waals surface area contributed by atoms with Gasteiger partial charge in [-0.3, -0.25) is 14.5 Å². The third-order valence-corrected chi connectivity index (χ3v) is 5.96. The summed E-state index contributed by atoms with van der Waals surface area (Å²) in [7, 11) is 0. The fourth-order valence-corrected chi connectivity index (χ4v) is 4.56. The van der Waals surface area contributed by atoms with Crippen LogP contribution < -0.4 is 4.90 Å². The smallest absolute Gasteiger partial charge is 0.232 e.